The molecule has 9 aromatic carbocycles. The van der Waals surface area contributed by atoms with Crippen LogP contribution in [0.2, 0.25) is 0 Å². The number of fused-ring (bicyclic) bond motifs is 8. The van der Waals surface area contributed by atoms with Crippen LogP contribution < -0.4 is 4.90 Å². The van der Waals surface area contributed by atoms with E-state index in [0.717, 1.165) is 34.1 Å². The Hall–Kier alpha value is -7.88. The SMILES string of the molecule is c1ccc(N(c2ccc(-n3c4ccccc4c4c5ccccc5n(-c5ccccc5)c43)cc2)c2ccc3c(c2)C(c2ccccc2)(c2ccccc2)c2ccccc2-3)cc1. The lowest BCUT2D eigenvalue weighted by Crippen LogP contribution is -2.28. The van der Waals surface area contributed by atoms with Crippen molar-refractivity contribution in [3.05, 3.63) is 259 Å². The van der Waals surface area contributed by atoms with Crippen molar-refractivity contribution in [1.82, 2.24) is 9.13 Å². The average molecular weight is 766 g/mol. The molecule has 0 fully saturated rings. The molecule has 0 saturated carbocycles. The summed E-state index contributed by atoms with van der Waals surface area (Å²) in [5, 5.41) is 3.76. The van der Waals surface area contributed by atoms with Gasteiger partial charge in [0, 0.05) is 44.6 Å². The topological polar surface area (TPSA) is 13.1 Å². The third-order valence-corrected chi connectivity index (χ3v) is 12.6. The molecule has 1 aliphatic rings. The van der Waals surface area contributed by atoms with Crippen molar-refractivity contribution >= 4 is 49.9 Å². The Bertz CT molecular complexity index is 3310. The Balaban J connectivity index is 1.07. The number of para-hydroxylation sites is 4. The van der Waals surface area contributed by atoms with Gasteiger partial charge in [-0.15, -0.1) is 0 Å². The van der Waals surface area contributed by atoms with Crippen molar-refractivity contribution in [1.29, 1.82) is 0 Å². The molecule has 0 bridgehead atoms. The standard InChI is InChI=1S/C57H39N3/c1-5-19-40(20-6-1)57(41-21-7-2-8-22-41)51-30-16-13-27-47(51)48-38-37-46(39-52(48)57)58(42-23-9-3-10-24-42)44-33-35-45(36-34-44)60-54-32-18-15-29-50(54)55-49-28-14-17-31-53(49)59(56(55)60)43-25-11-4-12-26-43/h1-39H. The number of rotatable bonds is 7. The number of benzene rings is 9. The molecule has 60 heavy (non-hydrogen) atoms. The second kappa shape index (κ2) is 13.6. The lowest BCUT2D eigenvalue weighted by atomic mass is 9.67. The highest BCUT2D eigenvalue weighted by Crippen LogP contribution is 2.57. The van der Waals surface area contributed by atoms with E-state index in [1.165, 1.54) is 60.6 Å². The first-order valence-corrected chi connectivity index (χ1v) is 20.7. The van der Waals surface area contributed by atoms with E-state index in [4.69, 9.17) is 0 Å². The van der Waals surface area contributed by atoms with Crippen LogP contribution >= 0.6 is 0 Å². The second-order valence-electron chi connectivity index (χ2n) is 15.7. The summed E-state index contributed by atoms with van der Waals surface area (Å²) < 4.78 is 4.86. The third-order valence-electron chi connectivity index (χ3n) is 12.6. The maximum Gasteiger partial charge on any atom is 0.131 e. The molecular formula is C57H39N3. The Kier molecular flexibility index (Phi) is 7.76. The number of anilines is 3. The van der Waals surface area contributed by atoms with Gasteiger partial charge in [0.15, 0.2) is 0 Å². The van der Waals surface area contributed by atoms with Crippen molar-refractivity contribution in [3.63, 3.8) is 0 Å². The molecule has 0 atom stereocenters. The number of aromatic nitrogens is 2. The van der Waals surface area contributed by atoms with Gasteiger partial charge in [-0.3, -0.25) is 9.13 Å². The lowest BCUT2D eigenvalue weighted by Gasteiger charge is -2.35. The first kappa shape index (κ1) is 34.2. The molecule has 11 aromatic rings. The molecule has 0 radical (unpaired) electrons. The van der Waals surface area contributed by atoms with Gasteiger partial charge in [-0.25, -0.2) is 0 Å². The van der Waals surface area contributed by atoms with Crippen LogP contribution in [0.5, 0.6) is 0 Å². The summed E-state index contributed by atoms with van der Waals surface area (Å²) in [5.74, 6) is 0. The third kappa shape index (κ3) is 4.96. The average Bonchev–Trinajstić information content (AvgIpc) is 3.95. The van der Waals surface area contributed by atoms with Crippen LogP contribution in [0.15, 0.2) is 237 Å². The van der Waals surface area contributed by atoms with Gasteiger partial charge in [0.25, 0.3) is 0 Å². The van der Waals surface area contributed by atoms with E-state index in [9.17, 15) is 0 Å². The number of hydrogen-bond acceptors (Lipinski definition) is 1. The predicted molar refractivity (Wildman–Crippen MR) is 250 cm³/mol. The maximum absolute atomic E-state index is 2.44. The molecule has 0 spiro atoms. The van der Waals surface area contributed by atoms with E-state index >= 15 is 0 Å². The molecule has 3 nitrogen and oxygen atoms in total. The van der Waals surface area contributed by atoms with Gasteiger partial charge in [0.2, 0.25) is 0 Å². The summed E-state index contributed by atoms with van der Waals surface area (Å²) in [7, 11) is 0. The molecule has 282 valence electrons. The molecule has 0 saturated heterocycles. The zero-order chi connectivity index (χ0) is 39.6. The fraction of sp³-hybridized carbons (Fsp3) is 0.0175. The first-order valence-electron chi connectivity index (χ1n) is 20.7. The Morgan fingerprint density at radius 2 is 0.783 bits per heavy atom. The summed E-state index contributed by atoms with van der Waals surface area (Å²) in [5.41, 5.74) is 16.2. The van der Waals surface area contributed by atoms with Gasteiger partial charge in [0.05, 0.1) is 16.4 Å². The highest BCUT2D eigenvalue weighted by atomic mass is 15.2. The van der Waals surface area contributed by atoms with Crippen molar-refractivity contribution in [2.75, 3.05) is 4.90 Å². The molecule has 0 N–H and O–H groups in total. The maximum atomic E-state index is 2.44. The monoisotopic (exact) mass is 765 g/mol. The largest absolute Gasteiger partial charge is 0.310 e. The van der Waals surface area contributed by atoms with Gasteiger partial charge in [0.1, 0.15) is 5.65 Å². The van der Waals surface area contributed by atoms with Crippen LogP contribution in [0.3, 0.4) is 0 Å². The Labute approximate surface area is 349 Å². The predicted octanol–water partition coefficient (Wildman–Crippen LogP) is 14.6. The van der Waals surface area contributed by atoms with Gasteiger partial charge < -0.3 is 4.90 Å². The zero-order valence-corrected chi connectivity index (χ0v) is 32.9. The normalized spacial score (nSPS) is 12.8. The van der Waals surface area contributed by atoms with Crippen molar-refractivity contribution in [3.8, 4) is 22.5 Å². The van der Waals surface area contributed by atoms with Gasteiger partial charge in [-0.05, 0) is 106 Å². The molecule has 0 aliphatic heterocycles. The van der Waals surface area contributed by atoms with Gasteiger partial charge >= 0.3 is 0 Å². The van der Waals surface area contributed by atoms with Gasteiger partial charge in [-0.2, -0.15) is 0 Å². The molecule has 0 amide bonds. The highest BCUT2D eigenvalue weighted by Gasteiger charge is 2.46. The Morgan fingerprint density at radius 3 is 1.40 bits per heavy atom. The van der Waals surface area contributed by atoms with Crippen LogP contribution in [-0.4, -0.2) is 9.13 Å². The molecular weight excluding hydrogens is 727 g/mol. The zero-order valence-electron chi connectivity index (χ0n) is 32.9. The van der Waals surface area contributed by atoms with E-state index in [0.29, 0.717) is 0 Å². The van der Waals surface area contributed by atoms with Crippen molar-refractivity contribution in [2.24, 2.45) is 0 Å². The molecule has 2 heterocycles. The fourth-order valence-corrected chi connectivity index (χ4v) is 10.1. The van der Waals surface area contributed by atoms with E-state index in [1.54, 1.807) is 0 Å². The summed E-state index contributed by atoms with van der Waals surface area (Å²) >= 11 is 0. The second-order valence-corrected chi connectivity index (χ2v) is 15.7. The smallest absolute Gasteiger partial charge is 0.131 e. The van der Waals surface area contributed by atoms with E-state index in [1.807, 2.05) is 0 Å². The number of hydrogen-bond donors (Lipinski definition) is 0. The molecule has 1 aliphatic carbocycles. The van der Waals surface area contributed by atoms with Crippen LogP contribution in [-0.2, 0) is 5.41 Å². The van der Waals surface area contributed by atoms with Crippen molar-refractivity contribution in [2.45, 2.75) is 5.41 Å². The highest BCUT2D eigenvalue weighted by molar-refractivity contribution is 6.22. The first-order chi connectivity index (χ1) is 29.8. The molecule has 3 heteroatoms. The van der Waals surface area contributed by atoms with Crippen LogP contribution in [0.1, 0.15) is 22.3 Å². The van der Waals surface area contributed by atoms with E-state index in [-0.39, 0.29) is 0 Å². The summed E-state index contributed by atoms with van der Waals surface area (Å²) in [6.07, 6.45) is 0. The quantitative estimate of drug-likeness (QED) is 0.157. The lowest BCUT2D eigenvalue weighted by molar-refractivity contribution is 0.768. The minimum atomic E-state index is -0.491. The summed E-state index contributed by atoms with van der Waals surface area (Å²) in [4.78, 5) is 2.40. The number of nitrogens with zero attached hydrogens (tertiary/aromatic N) is 3. The summed E-state index contributed by atoms with van der Waals surface area (Å²) in [6.45, 7) is 0. The minimum absolute atomic E-state index is 0.491. The van der Waals surface area contributed by atoms with Crippen LogP contribution in [0.25, 0.3) is 55.3 Å². The van der Waals surface area contributed by atoms with Crippen molar-refractivity contribution < 1.29 is 0 Å². The fourth-order valence-electron chi connectivity index (χ4n) is 10.1. The minimum Gasteiger partial charge on any atom is -0.310 e. The molecule has 0 unspecified atom stereocenters. The Morgan fingerprint density at radius 1 is 0.333 bits per heavy atom. The van der Waals surface area contributed by atoms with Crippen LogP contribution in [0, 0.1) is 0 Å². The van der Waals surface area contributed by atoms with Gasteiger partial charge in [-0.1, -0.05) is 164 Å². The van der Waals surface area contributed by atoms with Crippen LogP contribution in [0.4, 0.5) is 17.1 Å². The van der Waals surface area contributed by atoms with E-state index < -0.39 is 5.41 Å². The molecule has 12 rings (SSSR count). The molecule has 2 aromatic heterocycles. The van der Waals surface area contributed by atoms with E-state index in [2.05, 4.69) is 251 Å². The summed E-state index contributed by atoms with van der Waals surface area (Å²) in [6, 6.07) is 86.3.